The van der Waals surface area contributed by atoms with Crippen LogP contribution in [0.3, 0.4) is 0 Å². The lowest BCUT2D eigenvalue weighted by Crippen LogP contribution is -2.13. The first-order chi connectivity index (χ1) is 8.70. The quantitative estimate of drug-likeness (QED) is 0.560. The molecule has 4 N–H and O–H groups in total. The van der Waals surface area contributed by atoms with E-state index in [0.29, 0.717) is 5.82 Å². The molecule has 96 valence electrons. The Morgan fingerprint density at radius 2 is 2.06 bits per heavy atom. The molecule has 18 heavy (non-hydrogen) atoms. The van der Waals surface area contributed by atoms with Crippen molar-refractivity contribution >= 4 is 23.0 Å². The molecule has 0 unspecified atom stereocenters. The first-order valence-electron chi connectivity index (χ1n) is 5.64. The smallest absolute Gasteiger partial charge is 0.148 e. The highest BCUT2D eigenvalue weighted by Crippen LogP contribution is 2.17. The number of nitrogens with one attached hydrogen (secondary N) is 2. The Hall–Kier alpha value is -1.73. The fourth-order valence-corrected chi connectivity index (χ4v) is 2.25. The van der Waals surface area contributed by atoms with Gasteiger partial charge in [-0.05, 0) is 13.8 Å². The molecule has 0 bridgehead atoms. The SMILES string of the molecule is Cc1nc(CCNc2ncnc(NN)c2C)cs1. The van der Waals surface area contributed by atoms with E-state index in [2.05, 4.69) is 31.1 Å². The van der Waals surface area contributed by atoms with Crippen molar-refractivity contribution < 1.29 is 0 Å². The van der Waals surface area contributed by atoms with Gasteiger partial charge in [0.2, 0.25) is 0 Å². The van der Waals surface area contributed by atoms with Crippen molar-refractivity contribution in [3.05, 3.63) is 28.0 Å². The summed E-state index contributed by atoms with van der Waals surface area (Å²) >= 11 is 1.67. The fourth-order valence-electron chi connectivity index (χ4n) is 1.61. The number of nitrogens with zero attached hydrogens (tertiary/aromatic N) is 3. The van der Waals surface area contributed by atoms with Crippen molar-refractivity contribution in [1.29, 1.82) is 0 Å². The maximum atomic E-state index is 5.37. The minimum atomic E-state index is 0.636. The van der Waals surface area contributed by atoms with Crippen LogP contribution in [0.5, 0.6) is 0 Å². The maximum absolute atomic E-state index is 5.37. The van der Waals surface area contributed by atoms with E-state index in [4.69, 9.17) is 5.84 Å². The van der Waals surface area contributed by atoms with Gasteiger partial charge in [-0.1, -0.05) is 0 Å². The van der Waals surface area contributed by atoms with Gasteiger partial charge in [-0.3, -0.25) is 0 Å². The van der Waals surface area contributed by atoms with Gasteiger partial charge in [0.05, 0.1) is 10.7 Å². The van der Waals surface area contributed by atoms with Gasteiger partial charge in [0.15, 0.2) is 0 Å². The monoisotopic (exact) mass is 264 g/mol. The van der Waals surface area contributed by atoms with Crippen LogP contribution in [-0.2, 0) is 6.42 Å². The van der Waals surface area contributed by atoms with Gasteiger partial charge in [0.1, 0.15) is 18.0 Å². The second-order valence-electron chi connectivity index (χ2n) is 3.87. The van der Waals surface area contributed by atoms with Crippen molar-refractivity contribution in [2.24, 2.45) is 5.84 Å². The lowest BCUT2D eigenvalue weighted by Gasteiger charge is -2.10. The third kappa shape index (κ3) is 2.93. The zero-order valence-corrected chi connectivity index (χ0v) is 11.2. The molecule has 0 saturated heterocycles. The third-order valence-corrected chi connectivity index (χ3v) is 3.38. The van der Waals surface area contributed by atoms with E-state index in [1.807, 2.05) is 13.8 Å². The first-order valence-corrected chi connectivity index (χ1v) is 6.51. The van der Waals surface area contributed by atoms with E-state index in [0.717, 1.165) is 35.0 Å². The molecule has 0 aliphatic carbocycles. The average molecular weight is 264 g/mol. The Morgan fingerprint density at radius 3 is 2.72 bits per heavy atom. The van der Waals surface area contributed by atoms with Crippen LogP contribution in [0, 0.1) is 13.8 Å². The molecule has 0 amide bonds. The van der Waals surface area contributed by atoms with Gasteiger partial charge >= 0.3 is 0 Å². The van der Waals surface area contributed by atoms with Crippen LogP contribution >= 0.6 is 11.3 Å². The second kappa shape index (κ2) is 5.74. The van der Waals surface area contributed by atoms with Crippen LogP contribution in [0.25, 0.3) is 0 Å². The summed E-state index contributed by atoms with van der Waals surface area (Å²) < 4.78 is 0. The van der Waals surface area contributed by atoms with Gasteiger partial charge in [0, 0.05) is 23.9 Å². The molecular formula is C11H16N6S. The lowest BCUT2D eigenvalue weighted by atomic mass is 10.3. The molecule has 2 rings (SSSR count). The summed E-state index contributed by atoms with van der Waals surface area (Å²) in [6.07, 6.45) is 2.36. The number of hydrogen-bond acceptors (Lipinski definition) is 7. The minimum Gasteiger partial charge on any atom is -0.369 e. The van der Waals surface area contributed by atoms with E-state index in [9.17, 15) is 0 Å². The molecule has 0 aliphatic heterocycles. The largest absolute Gasteiger partial charge is 0.369 e. The number of thiazole rings is 1. The van der Waals surface area contributed by atoms with Crippen molar-refractivity contribution in [2.45, 2.75) is 20.3 Å². The summed E-state index contributed by atoms with van der Waals surface area (Å²) in [6, 6.07) is 0. The summed E-state index contributed by atoms with van der Waals surface area (Å²) in [5, 5.41) is 6.44. The summed E-state index contributed by atoms with van der Waals surface area (Å²) in [7, 11) is 0. The fraction of sp³-hybridized carbons (Fsp3) is 0.364. The second-order valence-corrected chi connectivity index (χ2v) is 4.94. The number of aryl methyl sites for hydroxylation is 1. The summed E-state index contributed by atoms with van der Waals surface area (Å²) in [5.41, 5.74) is 4.56. The van der Waals surface area contributed by atoms with E-state index in [1.54, 1.807) is 11.3 Å². The average Bonchev–Trinajstić information content (AvgIpc) is 2.77. The molecule has 0 fully saturated rings. The van der Waals surface area contributed by atoms with Gasteiger partial charge in [0.25, 0.3) is 0 Å². The summed E-state index contributed by atoms with van der Waals surface area (Å²) in [5.74, 6) is 6.80. The van der Waals surface area contributed by atoms with Crippen LogP contribution in [0.1, 0.15) is 16.3 Å². The molecule has 2 heterocycles. The molecule has 0 aliphatic rings. The Morgan fingerprint density at radius 1 is 1.28 bits per heavy atom. The Kier molecular flexibility index (Phi) is 4.06. The number of nitrogen functional groups attached to an aromatic ring is 1. The van der Waals surface area contributed by atoms with Crippen molar-refractivity contribution in [3.8, 4) is 0 Å². The van der Waals surface area contributed by atoms with Crippen molar-refractivity contribution in [1.82, 2.24) is 15.0 Å². The lowest BCUT2D eigenvalue weighted by molar-refractivity contribution is 0.952. The van der Waals surface area contributed by atoms with Crippen LogP contribution in [0.15, 0.2) is 11.7 Å². The Labute approximate surface area is 110 Å². The first kappa shape index (κ1) is 12.7. The number of aromatic nitrogens is 3. The Bertz CT molecular complexity index is 524. The number of hydrazine groups is 1. The zero-order valence-electron chi connectivity index (χ0n) is 10.4. The highest BCUT2D eigenvalue weighted by Gasteiger charge is 2.05. The van der Waals surface area contributed by atoms with Crippen LogP contribution in [0.2, 0.25) is 0 Å². The van der Waals surface area contributed by atoms with E-state index in [1.165, 1.54) is 6.33 Å². The van der Waals surface area contributed by atoms with E-state index >= 15 is 0 Å². The van der Waals surface area contributed by atoms with Gasteiger partial charge in [-0.15, -0.1) is 11.3 Å². The highest BCUT2D eigenvalue weighted by atomic mass is 32.1. The van der Waals surface area contributed by atoms with Crippen LogP contribution < -0.4 is 16.6 Å². The standard InChI is InChI=1S/C11H16N6S/c1-7-10(14-6-15-11(7)17-12)13-4-3-9-5-18-8(2)16-9/h5-6H,3-4,12H2,1-2H3,(H2,13,14,15,17). The topological polar surface area (TPSA) is 88.8 Å². The molecule has 0 saturated carbocycles. The maximum Gasteiger partial charge on any atom is 0.148 e. The molecule has 2 aromatic heterocycles. The van der Waals surface area contributed by atoms with Gasteiger partial charge < -0.3 is 10.7 Å². The zero-order chi connectivity index (χ0) is 13.0. The number of hydrogen-bond donors (Lipinski definition) is 3. The number of anilines is 2. The van der Waals surface area contributed by atoms with Gasteiger partial charge in [-0.2, -0.15) is 0 Å². The molecule has 7 heteroatoms. The van der Waals surface area contributed by atoms with Crippen molar-refractivity contribution in [3.63, 3.8) is 0 Å². The van der Waals surface area contributed by atoms with Gasteiger partial charge in [-0.25, -0.2) is 20.8 Å². The van der Waals surface area contributed by atoms with E-state index < -0.39 is 0 Å². The molecule has 0 radical (unpaired) electrons. The summed E-state index contributed by atoms with van der Waals surface area (Å²) in [4.78, 5) is 12.6. The molecule has 6 nitrogen and oxygen atoms in total. The molecular weight excluding hydrogens is 248 g/mol. The third-order valence-electron chi connectivity index (χ3n) is 2.56. The number of nitrogens with two attached hydrogens (primary N) is 1. The molecule has 0 aromatic carbocycles. The highest BCUT2D eigenvalue weighted by molar-refractivity contribution is 7.09. The normalized spacial score (nSPS) is 10.4. The van der Waals surface area contributed by atoms with Crippen LogP contribution in [0.4, 0.5) is 11.6 Å². The predicted molar refractivity (Wildman–Crippen MR) is 73.6 cm³/mol. The van der Waals surface area contributed by atoms with Crippen molar-refractivity contribution in [2.75, 3.05) is 17.3 Å². The molecule has 2 aromatic rings. The molecule has 0 spiro atoms. The van der Waals surface area contributed by atoms with Crippen LogP contribution in [-0.4, -0.2) is 21.5 Å². The minimum absolute atomic E-state index is 0.636. The molecule has 0 atom stereocenters. The predicted octanol–water partition coefficient (Wildman–Crippen LogP) is 1.49. The Balaban J connectivity index is 1.94. The summed E-state index contributed by atoms with van der Waals surface area (Å²) in [6.45, 7) is 4.71. The number of rotatable bonds is 5. The van der Waals surface area contributed by atoms with E-state index in [-0.39, 0.29) is 0 Å².